The highest BCUT2D eigenvalue weighted by molar-refractivity contribution is 6.31. The Labute approximate surface area is 156 Å². The topological polar surface area (TPSA) is 72.7 Å². The molecule has 0 unspecified atom stereocenters. The largest absolute Gasteiger partial charge is 0.306 e. The standard InChI is InChI=1S/C19H18ClN5O/c1-12-8-23-25(11-14-4-2-3-5-16(14)20)18(12)24-19(26)15-9-21-17(22-10-15)13-6-7-13/h2-5,8-10,13H,6-7,11H2,1H3,(H,24,26). The molecule has 0 atom stereocenters. The lowest BCUT2D eigenvalue weighted by atomic mass is 10.2. The molecule has 1 aliphatic carbocycles. The first-order valence-corrected chi connectivity index (χ1v) is 8.88. The van der Waals surface area contributed by atoms with Crippen LogP contribution in [0.4, 0.5) is 5.82 Å². The number of halogens is 1. The summed E-state index contributed by atoms with van der Waals surface area (Å²) in [5, 5.41) is 7.94. The van der Waals surface area contributed by atoms with E-state index in [1.807, 2.05) is 31.2 Å². The zero-order valence-electron chi connectivity index (χ0n) is 14.3. The summed E-state index contributed by atoms with van der Waals surface area (Å²) in [5.41, 5.74) is 2.24. The van der Waals surface area contributed by atoms with E-state index >= 15 is 0 Å². The van der Waals surface area contributed by atoms with Crippen LogP contribution in [0.5, 0.6) is 0 Å². The highest BCUT2D eigenvalue weighted by Gasteiger charge is 2.26. The minimum atomic E-state index is -0.253. The summed E-state index contributed by atoms with van der Waals surface area (Å²) in [6, 6.07) is 7.59. The maximum atomic E-state index is 12.6. The van der Waals surface area contributed by atoms with Crippen molar-refractivity contribution < 1.29 is 4.79 Å². The van der Waals surface area contributed by atoms with E-state index in [9.17, 15) is 4.79 Å². The summed E-state index contributed by atoms with van der Waals surface area (Å²) in [6.07, 6.45) is 7.15. The third-order valence-electron chi connectivity index (χ3n) is 4.41. The number of benzene rings is 1. The predicted molar refractivity (Wildman–Crippen MR) is 99.5 cm³/mol. The van der Waals surface area contributed by atoms with Crippen LogP contribution in [0.25, 0.3) is 0 Å². The molecule has 1 N–H and O–H groups in total. The molecule has 0 spiro atoms. The van der Waals surface area contributed by atoms with Crippen LogP contribution in [-0.4, -0.2) is 25.7 Å². The number of nitrogens with one attached hydrogen (secondary N) is 1. The Balaban J connectivity index is 1.53. The molecule has 0 aliphatic heterocycles. The van der Waals surface area contributed by atoms with Gasteiger partial charge in [0.2, 0.25) is 0 Å². The number of aromatic nitrogens is 4. The number of anilines is 1. The van der Waals surface area contributed by atoms with Gasteiger partial charge in [-0.1, -0.05) is 29.8 Å². The SMILES string of the molecule is Cc1cnn(Cc2ccccc2Cl)c1NC(=O)c1cnc(C2CC2)nc1. The number of hydrogen-bond donors (Lipinski definition) is 1. The van der Waals surface area contributed by atoms with Crippen molar-refractivity contribution in [3.8, 4) is 0 Å². The van der Waals surface area contributed by atoms with Gasteiger partial charge in [0.05, 0.1) is 18.3 Å². The summed E-state index contributed by atoms with van der Waals surface area (Å²) >= 11 is 6.24. The van der Waals surface area contributed by atoms with Crippen LogP contribution < -0.4 is 5.32 Å². The molecular weight excluding hydrogens is 350 g/mol. The molecule has 4 rings (SSSR count). The fourth-order valence-electron chi connectivity index (χ4n) is 2.74. The molecule has 1 aliphatic rings. The highest BCUT2D eigenvalue weighted by Crippen LogP contribution is 2.37. The third-order valence-corrected chi connectivity index (χ3v) is 4.78. The van der Waals surface area contributed by atoms with E-state index in [2.05, 4.69) is 20.4 Å². The van der Waals surface area contributed by atoms with Crippen molar-refractivity contribution in [3.05, 3.63) is 70.4 Å². The van der Waals surface area contributed by atoms with Gasteiger partial charge in [-0.3, -0.25) is 4.79 Å². The van der Waals surface area contributed by atoms with Gasteiger partial charge in [-0.2, -0.15) is 5.10 Å². The number of carbonyl (C=O) groups excluding carboxylic acids is 1. The Morgan fingerprint density at radius 3 is 2.65 bits per heavy atom. The average molecular weight is 368 g/mol. The van der Waals surface area contributed by atoms with Crippen molar-refractivity contribution in [2.24, 2.45) is 0 Å². The van der Waals surface area contributed by atoms with E-state index in [1.54, 1.807) is 23.3 Å². The summed E-state index contributed by atoms with van der Waals surface area (Å²) < 4.78 is 1.73. The van der Waals surface area contributed by atoms with Gasteiger partial charge in [0, 0.05) is 28.9 Å². The van der Waals surface area contributed by atoms with Crippen molar-refractivity contribution in [3.63, 3.8) is 0 Å². The Kier molecular flexibility index (Phi) is 4.42. The first-order chi connectivity index (χ1) is 12.6. The molecule has 3 aromatic rings. The van der Waals surface area contributed by atoms with Gasteiger partial charge in [0.1, 0.15) is 11.6 Å². The first-order valence-electron chi connectivity index (χ1n) is 8.51. The Morgan fingerprint density at radius 1 is 1.23 bits per heavy atom. The maximum Gasteiger partial charge on any atom is 0.259 e. The van der Waals surface area contributed by atoms with Crippen LogP contribution in [-0.2, 0) is 6.54 Å². The Hall–Kier alpha value is -2.73. The zero-order chi connectivity index (χ0) is 18.1. The average Bonchev–Trinajstić information content (AvgIpc) is 3.45. The predicted octanol–water partition coefficient (Wildman–Crippen LogP) is 3.81. The second-order valence-corrected chi connectivity index (χ2v) is 6.89. The van der Waals surface area contributed by atoms with Gasteiger partial charge < -0.3 is 5.32 Å². The van der Waals surface area contributed by atoms with Crippen LogP contribution in [0.15, 0.2) is 42.9 Å². The van der Waals surface area contributed by atoms with E-state index in [4.69, 9.17) is 11.6 Å². The molecule has 0 radical (unpaired) electrons. The highest BCUT2D eigenvalue weighted by atomic mass is 35.5. The van der Waals surface area contributed by atoms with Crippen molar-refractivity contribution in [1.29, 1.82) is 0 Å². The lowest BCUT2D eigenvalue weighted by Crippen LogP contribution is -2.17. The normalized spacial score (nSPS) is 13.6. The zero-order valence-corrected chi connectivity index (χ0v) is 15.1. The van der Waals surface area contributed by atoms with Gasteiger partial charge in [-0.05, 0) is 31.4 Å². The van der Waals surface area contributed by atoms with Crippen molar-refractivity contribution in [2.45, 2.75) is 32.2 Å². The fraction of sp³-hybridized carbons (Fsp3) is 0.263. The number of carbonyl (C=O) groups is 1. The second kappa shape index (κ2) is 6.88. The molecule has 2 heterocycles. The molecule has 0 saturated heterocycles. The molecule has 1 amide bonds. The van der Waals surface area contributed by atoms with E-state index in [0.717, 1.165) is 29.8 Å². The van der Waals surface area contributed by atoms with Gasteiger partial charge in [0.25, 0.3) is 5.91 Å². The quantitative estimate of drug-likeness (QED) is 0.744. The lowest BCUT2D eigenvalue weighted by Gasteiger charge is -2.11. The van der Waals surface area contributed by atoms with Crippen LogP contribution in [0.3, 0.4) is 0 Å². The molecule has 2 aromatic heterocycles. The van der Waals surface area contributed by atoms with Crippen LogP contribution in [0, 0.1) is 6.92 Å². The summed E-state index contributed by atoms with van der Waals surface area (Å²) in [4.78, 5) is 21.2. The van der Waals surface area contributed by atoms with E-state index in [1.165, 1.54) is 0 Å². The smallest absolute Gasteiger partial charge is 0.259 e. The number of aryl methyl sites for hydroxylation is 1. The number of nitrogens with zero attached hydrogens (tertiary/aromatic N) is 4. The van der Waals surface area contributed by atoms with Crippen LogP contribution in [0.2, 0.25) is 5.02 Å². The number of hydrogen-bond acceptors (Lipinski definition) is 4. The van der Waals surface area contributed by atoms with Crippen LogP contribution >= 0.6 is 11.6 Å². The minimum absolute atomic E-state index is 0.253. The molecule has 132 valence electrons. The molecule has 26 heavy (non-hydrogen) atoms. The molecule has 1 aromatic carbocycles. The monoisotopic (exact) mass is 367 g/mol. The maximum absolute atomic E-state index is 12.6. The molecule has 1 fully saturated rings. The molecule has 0 bridgehead atoms. The van der Waals surface area contributed by atoms with Gasteiger partial charge in [0.15, 0.2) is 0 Å². The summed E-state index contributed by atoms with van der Waals surface area (Å²) in [7, 11) is 0. The summed E-state index contributed by atoms with van der Waals surface area (Å²) in [6.45, 7) is 2.37. The fourth-order valence-corrected chi connectivity index (χ4v) is 2.93. The molecular formula is C19H18ClN5O. The molecule has 1 saturated carbocycles. The third kappa shape index (κ3) is 3.46. The Bertz CT molecular complexity index is 947. The molecule has 7 heteroatoms. The van der Waals surface area contributed by atoms with Crippen molar-refractivity contribution in [2.75, 3.05) is 5.32 Å². The van der Waals surface area contributed by atoms with Crippen LogP contribution in [0.1, 0.15) is 46.1 Å². The van der Waals surface area contributed by atoms with Gasteiger partial charge >= 0.3 is 0 Å². The molecule has 6 nitrogen and oxygen atoms in total. The first kappa shape index (κ1) is 16.7. The number of amides is 1. The van der Waals surface area contributed by atoms with Gasteiger partial charge in [-0.15, -0.1) is 0 Å². The van der Waals surface area contributed by atoms with Crippen molar-refractivity contribution in [1.82, 2.24) is 19.7 Å². The van der Waals surface area contributed by atoms with Crippen molar-refractivity contribution >= 4 is 23.3 Å². The van der Waals surface area contributed by atoms with Gasteiger partial charge in [-0.25, -0.2) is 14.6 Å². The Morgan fingerprint density at radius 2 is 1.96 bits per heavy atom. The number of rotatable bonds is 5. The van der Waals surface area contributed by atoms with E-state index in [0.29, 0.717) is 28.9 Å². The summed E-state index contributed by atoms with van der Waals surface area (Å²) in [5.74, 6) is 1.67. The lowest BCUT2D eigenvalue weighted by molar-refractivity contribution is 0.102. The van der Waals surface area contributed by atoms with E-state index < -0.39 is 0 Å². The second-order valence-electron chi connectivity index (χ2n) is 6.48. The minimum Gasteiger partial charge on any atom is -0.306 e. The van der Waals surface area contributed by atoms with E-state index in [-0.39, 0.29) is 5.91 Å².